The highest BCUT2D eigenvalue weighted by Gasteiger charge is 2.26. The summed E-state index contributed by atoms with van der Waals surface area (Å²) in [6.45, 7) is 6.39. The first kappa shape index (κ1) is 11.7. The topological polar surface area (TPSA) is 29.5 Å². The van der Waals surface area contributed by atoms with Gasteiger partial charge in [-0.2, -0.15) is 0 Å². The van der Waals surface area contributed by atoms with E-state index in [-0.39, 0.29) is 12.2 Å². The van der Waals surface area contributed by atoms with E-state index in [0.717, 1.165) is 6.42 Å². The van der Waals surface area contributed by atoms with Crippen LogP contribution in [0.2, 0.25) is 0 Å². The van der Waals surface area contributed by atoms with Crippen molar-refractivity contribution >= 4 is 0 Å². The number of methoxy groups -OCH3 is 1. The van der Waals surface area contributed by atoms with Gasteiger partial charge in [0.2, 0.25) is 0 Å². The van der Waals surface area contributed by atoms with Crippen LogP contribution in [-0.4, -0.2) is 24.4 Å². The molecule has 0 fully saturated rings. The molecule has 0 amide bonds. The molecule has 12 heavy (non-hydrogen) atoms. The molecule has 0 aromatic heterocycles. The van der Waals surface area contributed by atoms with Gasteiger partial charge in [0.15, 0.2) is 0 Å². The summed E-state index contributed by atoms with van der Waals surface area (Å²) in [6, 6.07) is 0. The van der Waals surface area contributed by atoms with Crippen LogP contribution < -0.4 is 0 Å². The van der Waals surface area contributed by atoms with Gasteiger partial charge in [0, 0.05) is 13.0 Å². The highest BCUT2D eigenvalue weighted by Crippen LogP contribution is 2.25. The second-order valence-corrected chi connectivity index (χ2v) is 3.27. The lowest BCUT2D eigenvalue weighted by Gasteiger charge is -2.31. The molecule has 0 aliphatic rings. The summed E-state index contributed by atoms with van der Waals surface area (Å²) in [7, 11) is 1.73. The monoisotopic (exact) mass is 172 g/mol. The summed E-state index contributed by atoms with van der Waals surface area (Å²) in [6.07, 6.45) is 4.73. The first-order valence-electron chi connectivity index (χ1n) is 4.43. The third-order valence-corrected chi connectivity index (χ3v) is 2.66. The Morgan fingerprint density at radius 2 is 2.17 bits per heavy atom. The molecule has 0 rings (SSSR count). The maximum absolute atomic E-state index is 8.60. The molecular weight excluding hydrogens is 152 g/mol. The SMILES string of the molecule is CCC(C)(OC)C(C)C=CCO. The fourth-order valence-electron chi connectivity index (χ4n) is 1.12. The van der Waals surface area contributed by atoms with Crippen LogP contribution in [0, 0.1) is 5.92 Å². The zero-order valence-corrected chi connectivity index (χ0v) is 8.50. The van der Waals surface area contributed by atoms with Crippen LogP contribution in [0.4, 0.5) is 0 Å². The van der Waals surface area contributed by atoms with E-state index in [1.54, 1.807) is 13.2 Å². The Hall–Kier alpha value is -0.340. The summed E-state index contributed by atoms with van der Waals surface area (Å²) in [5.74, 6) is 0.333. The van der Waals surface area contributed by atoms with Crippen LogP contribution in [0.25, 0.3) is 0 Å². The van der Waals surface area contributed by atoms with Crippen molar-refractivity contribution in [3.63, 3.8) is 0 Å². The summed E-state index contributed by atoms with van der Waals surface area (Å²) in [5.41, 5.74) is -0.105. The second kappa shape index (κ2) is 5.33. The molecule has 2 atom stereocenters. The molecule has 0 saturated heterocycles. The lowest BCUT2D eigenvalue weighted by atomic mass is 9.88. The average molecular weight is 172 g/mol. The van der Waals surface area contributed by atoms with Crippen LogP contribution in [0.3, 0.4) is 0 Å². The maximum Gasteiger partial charge on any atom is 0.0707 e. The normalized spacial score (nSPS) is 19.4. The lowest BCUT2D eigenvalue weighted by molar-refractivity contribution is -0.0261. The van der Waals surface area contributed by atoms with Gasteiger partial charge in [-0.15, -0.1) is 0 Å². The van der Waals surface area contributed by atoms with E-state index in [1.807, 2.05) is 6.08 Å². The number of hydrogen-bond acceptors (Lipinski definition) is 2. The van der Waals surface area contributed by atoms with Crippen molar-refractivity contribution < 1.29 is 9.84 Å². The van der Waals surface area contributed by atoms with Gasteiger partial charge in [0.1, 0.15) is 0 Å². The minimum absolute atomic E-state index is 0.105. The summed E-state index contributed by atoms with van der Waals surface area (Å²) in [4.78, 5) is 0. The summed E-state index contributed by atoms with van der Waals surface area (Å²) >= 11 is 0. The third-order valence-electron chi connectivity index (χ3n) is 2.66. The van der Waals surface area contributed by atoms with Gasteiger partial charge in [-0.25, -0.2) is 0 Å². The van der Waals surface area contributed by atoms with Gasteiger partial charge in [-0.1, -0.05) is 26.0 Å². The number of rotatable bonds is 5. The molecule has 2 heteroatoms. The Morgan fingerprint density at radius 3 is 2.50 bits per heavy atom. The minimum Gasteiger partial charge on any atom is -0.392 e. The highest BCUT2D eigenvalue weighted by atomic mass is 16.5. The maximum atomic E-state index is 8.60. The molecule has 0 spiro atoms. The fraction of sp³-hybridized carbons (Fsp3) is 0.800. The smallest absolute Gasteiger partial charge is 0.0707 e. The largest absolute Gasteiger partial charge is 0.392 e. The van der Waals surface area contributed by atoms with Gasteiger partial charge >= 0.3 is 0 Å². The van der Waals surface area contributed by atoms with Crippen LogP contribution in [0.15, 0.2) is 12.2 Å². The molecule has 0 aliphatic carbocycles. The van der Waals surface area contributed by atoms with E-state index in [1.165, 1.54) is 0 Å². The van der Waals surface area contributed by atoms with Gasteiger partial charge in [0.25, 0.3) is 0 Å². The van der Waals surface area contributed by atoms with Crippen molar-refractivity contribution in [1.82, 2.24) is 0 Å². The van der Waals surface area contributed by atoms with E-state index in [2.05, 4.69) is 20.8 Å². The summed E-state index contributed by atoms with van der Waals surface area (Å²) < 4.78 is 5.41. The van der Waals surface area contributed by atoms with E-state index in [9.17, 15) is 0 Å². The van der Waals surface area contributed by atoms with Gasteiger partial charge in [-0.3, -0.25) is 0 Å². The van der Waals surface area contributed by atoms with Crippen LogP contribution >= 0.6 is 0 Å². The van der Waals surface area contributed by atoms with Crippen molar-refractivity contribution in [2.24, 2.45) is 5.92 Å². The number of hydrogen-bond donors (Lipinski definition) is 1. The van der Waals surface area contributed by atoms with Crippen molar-refractivity contribution in [1.29, 1.82) is 0 Å². The molecule has 0 radical (unpaired) electrons. The molecule has 2 unspecified atom stereocenters. The molecule has 0 bridgehead atoms. The van der Waals surface area contributed by atoms with E-state index in [0.29, 0.717) is 5.92 Å². The van der Waals surface area contributed by atoms with Gasteiger partial charge in [0.05, 0.1) is 12.2 Å². The Morgan fingerprint density at radius 1 is 1.58 bits per heavy atom. The van der Waals surface area contributed by atoms with Crippen LogP contribution in [0.5, 0.6) is 0 Å². The Bertz CT molecular complexity index is 137. The third kappa shape index (κ3) is 2.95. The predicted octanol–water partition coefficient (Wildman–Crippen LogP) is 1.99. The van der Waals surface area contributed by atoms with Crippen LogP contribution in [-0.2, 0) is 4.74 Å². The molecular formula is C10H20O2. The molecule has 0 saturated carbocycles. The van der Waals surface area contributed by atoms with Crippen molar-refractivity contribution in [3.8, 4) is 0 Å². The van der Waals surface area contributed by atoms with E-state index >= 15 is 0 Å². The number of aliphatic hydroxyl groups is 1. The predicted molar refractivity (Wildman–Crippen MR) is 51.1 cm³/mol. The number of ether oxygens (including phenoxy) is 1. The van der Waals surface area contributed by atoms with Gasteiger partial charge in [-0.05, 0) is 13.3 Å². The van der Waals surface area contributed by atoms with Crippen LogP contribution in [0.1, 0.15) is 27.2 Å². The lowest BCUT2D eigenvalue weighted by Crippen LogP contribution is -2.33. The van der Waals surface area contributed by atoms with Crippen molar-refractivity contribution in [3.05, 3.63) is 12.2 Å². The standard InChI is InChI=1S/C10H20O2/c1-5-10(3,12-4)9(2)7-6-8-11/h6-7,9,11H,5,8H2,1-4H3. The first-order chi connectivity index (χ1) is 5.60. The molecule has 1 N–H and O–H groups in total. The second-order valence-electron chi connectivity index (χ2n) is 3.27. The Kier molecular flexibility index (Phi) is 5.18. The Labute approximate surface area is 75.2 Å². The van der Waals surface area contributed by atoms with Crippen molar-refractivity contribution in [2.45, 2.75) is 32.8 Å². The molecule has 0 aromatic carbocycles. The Balaban J connectivity index is 4.20. The van der Waals surface area contributed by atoms with Crippen molar-refractivity contribution in [2.75, 3.05) is 13.7 Å². The number of aliphatic hydroxyl groups excluding tert-OH is 1. The first-order valence-corrected chi connectivity index (χ1v) is 4.43. The van der Waals surface area contributed by atoms with E-state index < -0.39 is 0 Å². The molecule has 72 valence electrons. The average Bonchev–Trinajstić information content (AvgIpc) is 2.12. The summed E-state index contributed by atoms with van der Waals surface area (Å²) in [5, 5.41) is 8.60. The quantitative estimate of drug-likeness (QED) is 0.643. The molecule has 2 nitrogen and oxygen atoms in total. The molecule has 0 aromatic rings. The minimum atomic E-state index is -0.105. The highest BCUT2D eigenvalue weighted by molar-refractivity contribution is 4.95. The molecule has 0 aliphatic heterocycles. The zero-order valence-electron chi connectivity index (χ0n) is 8.50. The molecule has 0 heterocycles. The fourth-order valence-corrected chi connectivity index (χ4v) is 1.12. The van der Waals surface area contributed by atoms with E-state index in [4.69, 9.17) is 9.84 Å². The van der Waals surface area contributed by atoms with Gasteiger partial charge < -0.3 is 9.84 Å². The zero-order chi connectivity index (χ0) is 9.61.